The number of amides is 1. The predicted octanol–water partition coefficient (Wildman–Crippen LogP) is 6.82. The molecule has 1 unspecified atom stereocenters. The maximum absolute atomic E-state index is 12.3. The highest BCUT2D eigenvalue weighted by Crippen LogP contribution is 2.29. The second-order valence-electron chi connectivity index (χ2n) is 6.91. The number of carbonyl (C=O) groups is 1. The first-order valence-electron chi connectivity index (χ1n) is 9.73. The molecule has 0 spiro atoms. The first-order chi connectivity index (χ1) is 12.6. The van der Waals surface area contributed by atoms with E-state index in [1.54, 1.807) is 0 Å². The zero-order valence-corrected chi connectivity index (χ0v) is 16.3. The van der Waals surface area contributed by atoms with E-state index in [2.05, 4.69) is 25.2 Å². The van der Waals surface area contributed by atoms with Crippen LogP contribution in [0.2, 0.25) is 0 Å². The van der Waals surface area contributed by atoms with Crippen LogP contribution in [0.25, 0.3) is 11.1 Å². The molecule has 0 heterocycles. The Labute approximate surface area is 157 Å². The summed E-state index contributed by atoms with van der Waals surface area (Å²) in [5.41, 5.74) is 3.98. The van der Waals surface area contributed by atoms with Crippen LogP contribution in [-0.4, -0.2) is 12.7 Å². The molecule has 0 aliphatic rings. The minimum atomic E-state index is -0.373. The number of hydrogen-bond donors (Lipinski definition) is 1. The minimum absolute atomic E-state index is 0.373. The summed E-state index contributed by atoms with van der Waals surface area (Å²) < 4.78 is 5.51. The van der Waals surface area contributed by atoms with E-state index in [1.807, 2.05) is 49.4 Å². The molecule has 2 rings (SSSR count). The normalized spacial score (nSPS) is 11.8. The van der Waals surface area contributed by atoms with Crippen molar-refractivity contribution in [1.29, 1.82) is 0 Å². The molecule has 1 N–H and O–H groups in total. The molecule has 0 saturated heterocycles. The van der Waals surface area contributed by atoms with E-state index in [1.165, 1.54) is 19.3 Å². The van der Waals surface area contributed by atoms with Crippen molar-refractivity contribution in [3.63, 3.8) is 0 Å². The van der Waals surface area contributed by atoms with Gasteiger partial charge in [0.05, 0.1) is 12.3 Å². The van der Waals surface area contributed by atoms with Crippen molar-refractivity contribution in [3.8, 4) is 11.1 Å². The summed E-state index contributed by atoms with van der Waals surface area (Å²) in [7, 11) is 0. The van der Waals surface area contributed by atoms with Gasteiger partial charge in [0.1, 0.15) is 0 Å². The van der Waals surface area contributed by atoms with Crippen molar-refractivity contribution in [2.45, 2.75) is 52.9 Å². The number of hydrogen-bond acceptors (Lipinski definition) is 2. The summed E-state index contributed by atoms with van der Waals surface area (Å²) in [5.74, 6) is 0.443. The summed E-state index contributed by atoms with van der Waals surface area (Å²) in [5, 5.41) is 2.94. The molecule has 3 nitrogen and oxygen atoms in total. The number of unbranched alkanes of at least 4 members (excludes halogenated alkanes) is 2. The lowest BCUT2D eigenvalue weighted by Crippen LogP contribution is -2.19. The van der Waals surface area contributed by atoms with Gasteiger partial charge in [-0.2, -0.15) is 0 Å². The van der Waals surface area contributed by atoms with Crippen LogP contribution in [0.15, 0.2) is 48.5 Å². The number of ether oxygens (including phenoxy) is 1. The summed E-state index contributed by atoms with van der Waals surface area (Å²) in [6.45, 7) is 6.87. The van der Waals surface area contributed by atoms with E-state index in [4.69, 9.17) is 4.74 Å². The van der Waals surface area contributed by atoms with E-state index < -0.39 is 0 Å². The van der Waals surface area contributed by atoms with Crippen LogP contribution in [0.4, 0.5) is 10.5 Å². The molecule has 3 heteroatoms. The molecular formula is C23H31NO2. The Balaban J connectivity index is 1.99. The quantitative estimate of drug-likeness (QED) is 0.502. The second kappa shape index (κ2) is 10.6. The maximum atomic E-state index is 12.3. The lowest BCUT2D eigenvalue weighted by molar-refractivity contribution is 0.136. The molecule has 1 amide bonds. The molecular weight excluding hydrogens is 322 g/mol. The van der Waals surface area contributed by atoms with Crippen LogP contribution >= 0.6 is 0 Å². The number of rotatable bonds is 9. The second-order valence-corrected chi connectivity index (χ2v) is 6.91. The molecule has 0 aliphatic carbocycles. The van der Waals surface area contributed by atoms with Gasteiger partial charge in [-0.15, -0.1) is 0 Å². The molecule has 0 radical (unpaired) electrons. The molecule has 0 aromatic heterocycles. The van der Waals surface area contributed by atoms with Gasteiger partial charge in [0.15, 0.2) is 0 Å². The lowest BCUT2D eigenvalue weighted by atomic mass is 10.00. The number of carbonyl (C=O) groups excluding carboxylic acids is 1. The third kappa shape index (κ3) is 6.21. The molecule has 140 valence electrons. The highest BCUT2D eigenvalue weighted by atomic mass is 16.5. The van der Waals surface area contributed by atoms with Crippen molar-refractivity contribution >= 4 is 11.8 Å². The van der Waals surface area contributed by atoms with E-state index in [0.29, 0.717) is 12.5 Å². The average molecular weight is 354 g/mol. The van der Waals surface area contributed by atoms with Crippen molar-refractivity contribution in [1.82, 2.24) is 0 Å². The van der Waals surface area contributed by atoms with E-state index in [9.17, 15) is 4.79 Å². The van der Waals surface area contributed by atoms with Gasteiger partial charge in [-0.3, -0.25) is 5.32 Å². The van der Waals surface area contributed by atoms with Gasteiger partial charge in [-0.25, -0.2) is 4.79 Å². The predicted molar refractivity (Wildman–Crippen MR) is 110 cm³/mol. The standard InChI is InChI=1S/C23H31NO2/c1-4-6-8-11-19(5-2)17-26-23(25)24-22-16-18(3)14-15-21(22)20-12-9-7-10-13-20/h7,9-10,12-16,19H,4-6,8,11,17H2,1-3H3,(H,24,25). The van der Waals surface area contributed by atoms with E-state index in [-0.39, 0.29) is 6.09 Å². The number of nitrogens with one attached hydrogen (secondary N) is 1. The van der Waals surface area contributed by atoms with Gasteiger partial charge >= 0.3 is 6.09 Å². The van der Waals surface area contributed by atoms with Crippen molar-refractivity contribution in [3.05, 3.63) is 54.1 Å². The summed E-state index contributed by atoms with van der Waals surface area (Å²) in [4.78, 5) is 12.3. The highest BCUT2D eigenvalue weighted by Gasteiger charge is 2.13. The fourth-order valence-corrected chi connectivity index (χ4v) is 3.06. The Hall–Kier alpha value is -2.29. The molecule has 0 fully saturated rings. The fraction of sp³-hybridized carbons (Fsp3) is 0.435. The number of benzene rings is 2. The van der Waals surface area contributed by atoms with Crippen LogP contribution in [0.1, 0.15) is 51.5 Å². The molecule has 1 atom stereocenters. The fourth-order valence-electron chi connectivity index (χ4n) is 3.06. The topological polar surface area (TPSA) is 38.3 Å². The van der Waals surface area contributed by atoms with E-state index in [0.717, 1.165) is 35.2 Å². The molecule has 0 bridgehead atoms. The summed E-state index contributed by atoms with van der Waals surface area (Å²) >= 11 is 0. The zero-order chi connectivity index (χ0) is 18.8. The Morgan fingerprint density at radius 2 is 1.85 bits per heavy atom. The van der Waals surface area contributed by atoms with Crippen molar-refractivity contribution in [2.75, 3.05) is 11.9 Å². The Morgan fingerprint density at radius 1 is 1.08 bits per heavy atom. The molecule has 0 saturated carbocycles. The monoisotopic (exact) mass is 353 g/mol. The van der Waals surface area contributed by atoms with Crippen molar-refractivity contribution < 1.29 is 9.53 Å². The van der Waals surface area contributed by atoms with Gasteiger partial charge in [0.2, 0.25) is 0 Å². The third-order valence-electron chi connectivity index (χ3n) is 4.74. The Kier molecular flexibility index (Phi) is 8.20. The average Bonchev–Trinajstić information content (AvgIpc) is 2.65. The summed E-state index contributed by atoms with van der Waals surface area (Å²) in [6.07, 6.45) is 5.45. The van der Waals surface area contributed by atoms with Crippen LogP contribution < -0.4 is 5.32 Å². The number of aryl methyl sites for hydroxylation is 1. The SMILES string of the molecule is CCCCCC(CC)COC(=O)Nc1cc(C)ccc1-c1ccccc1. The summed E-state index contributed by atoms with van der Waals surface area (Å²) in [6, 6.07) is 16.2. The van der Waals surface area contributed by atoms with Crippen LogP contribution in [-0.2, 0) is 4.74 Å². The van der Waals surface area contributed by atoms with Crippen LogP contribution in [0.5, 0.6) is 0 Å². The molecule has 0 aliphatic heterocycles. The maximum Gasteiger partial charge on any atom is 0.411 e. The van der Waals surface area contributed by atoms with Gasteiger partial charge in [0.25, 0.3) is 0 Å². The van der Waals surface area contributed by atoms with Gasteiger partial charge in [-0.05, 0) is 36.5 Å². The van der Waals surface area contributed by atoms with Crippen LogP contribution in [0, 0.1) is 12.8 Å². The first-order valence-corrected chi connectivity index (χ1v) is 9.73. The molecule has 26 heavy (non-hydrogen) atoms. The Bertz CT molecular complexity index is 682. The molecule has 2 aromatic carbocycles. The number of anilines is 1. The van der Waals surface area contributed by atoms with Gasteiger partial charge in [0, 0.05) is 5.56 Å². The smallest absolute Gasteiger partial charge is 0.411 e. The minimum Gasteiger partial charge on any atom is -0.449 e. The lowest BCUT2D eigenvalue weighted by Gasteiger charge is -2.16. The molecule has 2 aromatic rings. The van der Waals surface area contributed by atoms with Crippen LogP contribution in [0.3, 0.4) is 0 Å². The first kappa shape index (κ1) is 20.0. The van der Waals surface area contributed by atoms with Gasteiger partial charge in [-0.1, -0.05) is 82.0 Å². The third-order valence-corrected chi connectivity index (χ3v) is 4.74. The van der Waals surface area contributed by atoms with E-state index >= 15 is 0 Å². The zero-order valence-electron chi connectivity index (χ0n) is 16.3. The van der Waals surface area contributed by atoms with Gasteiger partial charge < -0.3 is 4.74 Å². The Morgan fingerprint density at radius 3 is 2.54 bits per heavy atom. The van der Waals surface area contributed by atoms with Crippen molar-refractivity contribution in [2.24, 2.45) is 5.92 Å². The highest BCUT2D eigenvalue weighted by molar-refractivity contribution is 5.91. The largest absolute Gasteiger partial charge is 0.449 e.